The molecule has 0 radical (unpaired) electrons. The van der Waals surface area contributed by atoms with Crippen LogP contribution in [0.3, 0.4) is 0 Å². The van der Waals surface area contributed by atoms with Crippen LogP contribution in [0.5, 0.6) is 0 Å². The lowest BCUT2D eigenvalue weighted by atomic mass is 10.8. The minimum atomic E-state index is -0.441. The molecule has 0 aliphatic heterocycles. The predicted molar refractivity (Wildman–Crippen MR) is 50.9 cm³/mol. The van der Waals surface area contributed by atoms with Gasteiger partial charge < -0.3 is 9.47 Å². The molecule has 11 heavy (non-hydrogen) atoms. The summed E-state index contributed by atoms with van der Waals surface area (Å²) in [4.78, 5) is 0. The van der Waals surface area contributed by atoms with Crippen LogP contribution in [0.1, 0.15) is 20.8 Å². The molecule has 1 unspecified atom stereocenters. The van der Waals surface area contributed by atoms with Gasteiger partial charge in [0, 0.05) is 18.2 Å². The van der Waals surface area contributed by atoms with Crippen molar-refractivity contribution in [2.75, 3.05) is 13.2 Å². The maximum atomic E-state index is 5.85. The summed E-state index contributed by atoms with van der Waals surface area (Å²) in [6.07, 6.45) is 0. The van der Waals surface area contributed by atoms with Crippen molar-refractivity contribution in [1.29, 1.82) is 0 Å². The van der Waals surface area contributed by atoms with Gasteiger partial charge in [-0.2, -0.15) is 0 Å². The number of alkyl halides is 1. The molecule has 0 saturated heterocycles. The van der Waals surface area contributed by atoms with E-state index in [1.54, 1.807) is 0 Å². The van der Waals surface area contributed by atoms with Crippen molar-refractivity contribution in [3.8, 4) is 0 Å². The third-order valence-corrected chi connectivity index (χ3v) is 3.26. The molecular weight excluding hydrogens is 180 g/mol. The van der Waals surface area contributed by atoms with Crippen molar-refractivity contribution < 1.29 is 9.47 Å². The topological polar surface area (TPSA) is 18.5 Å². The van der Waals surface area contributed by atoms with Crippen LogP contribution in [0.4, 0.5) is 0 Å². The van der Waals surface area contributed by atoms with Gasteiger partial charge in [0.1, 0.15) is 15.4 Å². The largest absolute Gasteiger partial charge is 0.357 e. The van der Waals surface area contributed by atoms with Gasteiger partial charge in [-0.15, -0.1) is 11.6 Å². The highest BCUT2D eigenvalue weighted by atomic mass is 35.5. The fraction of sp³-hybridized carbons (Fsp3) is 1.00. The summed E-state index contributed by atoms with van der Waals surface area (Å²) < 4.78 is 10.7. The van der Waals surface area contributed by atoms with E-state index in [-0.39, 0.29) is 10.9 Å². The fourth-order valence-corrected chi connectivity index (χ4v) is 2.53. The number of halogens is 1. The van der Waals surface area contributed by atoms with E-state index in [0.29, 0.717) is 13.2 Å². The lowest BCUT2D eigenvalue weighted by Crippen LogP contribution is -2.29. The van der Waals surface area contributed by atoms with E-state index in [4.69, 9.17) is 21.1 Å². The third kappa shape index (κ3) is 6.81. The van der Waals surface area contributed by atoms with Gasteiger partial charge in [-0.05, 0) is 13.8 Å². The van der Waals surface area contributed by atoms with Gasteiger partial charge in [0.05, 0.1) is 0 Å². The summed E-state index contributed by atoms with van der Waals surface area (Å²) in [7, 11) is -0.441. The van der Waals surface area contributed by atoms with E-state index in [9.17, 15) is 0 Å². The monoisotopic (exact) mass is 196 g/mol. The van der Waals surface area contributed by atoms with Gasteiger partial charge >= 0.3 is 0 Å². The zero-order valence-electron chi connectivity index (χ0n) is 7.47. The Bertz CT molecular complexity index is 84.5. The van der Waals surface area contributed by atoms with Gasteiger partial charge in [-0.1, -0.05) is 6.92 Å². The van der Waals surface area contributed by atoms with Gasteiger partial charge in [0.25, 0.3) is 0 Å². The quantitative estimate of drug-likeness (QED) is 0.360. The summed E-state index contributed by atoms with van der Waals surface area (Å²) >= 11 is 5.85. The van der Waals surface area contributed by atoms with E-state index < -0.39 is 9.52 Å². The molecule has 0 fully saturated rings. The van der Waals surface area contributed by atoms with E-state index in [2.05, 4.69) is 0 Å². The molecule has 0 amide bonds. The fourth-order valence-electron chi connectivity index (χ4n) is 0.821. The number of rotatable bonds is 6. The molecule has 0 bridgehead atoms. The molecule has 0 N–H and O–H groups in total. The van der Waals surface area contributed by atoms with Crippen molar-refractivity contribution in [3.63, 3.8) is 0 Å². The first-order chi connectivity index (χ1) is 5.20. The molecule has 0 aliphatic rings. The lowest BCUT2D eigenvalue weighted by molar-refractivity contribution is -0.0828. The summed E-state index contributed by atoms with van der Waals surface area (Å²) in [5, 5.41) is 0.248. The van der Waals surface area contributed by atoms with E-state index in [1.807, 2.05) is 20.8 Å². The SMILES string of the molecule is CCOC(OCC)[SiH2]C(C)Cl. The molecule has 0 aliphatic carbocycles. The number of ether oxygens (including phenoxy) is 2. The first-order valence-electron chi connectivity index (χ1n) is 4.08. The Balaban J connectivity index is 3.50. The first-order valence-corrected chi connectivity index (χ1v) is 6.14. The van der Waals surface area contributed by atoms with Crippen LogP contribution < -0.4 is 0 Å². The van der Waals surface area contributed by atoms with Crippen molar-refractivity contribution >= 4 is 21.1 Å². The first kappa shape index (κ1) is 11.4. The summed E-state index contributed by atoms with van der Waals surface area (Å²) in [6.45, 7) is 7.36. The Labute approximate surface area is 76.0 Å². The highest BCUT2D eigenvalue weighted by Crippen LogP contribution is 1.99. The van der Waals surface area contributed by atoms with Crippen molar-refractivity contribution in [1.82, 2.24) is 0 Å². The van der Waals surface area contributed by atoms with E-state index in [1.165, 1.54) is 0 Å². The molecule has 0 aromatic heterocycles. The molecule has 0 rings (SSSR count). The predicted octanol–water partition coefficient (Wildman–Crippen LogP) is 1.10. The lowest BCUT2D eigenvalue weighted by Gasteiger charge is -2.17. The number of hydrogen-bond acceptors (Lipinski definition) is 2. The smallest absolute Gasteiger partial charge is 0.136 e. The van der Waals surface area contributed by atoms with Crippen LogP contribution >= 0.6 is 11.6 Å². The highest BCUT2D eigenvalue weighted by molar-refractivity contribution is 6.53. The third-order valence-electron chi connectivity index (χ3n) is 1.22. The second-order valence-corrected chi connectivity index (χ2v) is 5.98. The molecule has 4 heteroatoms. The average Bonchev–Trinajstić information content (AvgIpc) is 1.87. The molecule has 2 nitrogen and oxygen atoms in total. The molecule has 0 spiro atoms. The van der Waals surface area contributed by atoms with Crippen molar-refractivity contribution in [2.45, 2.75) is 31.7 Å². The molecular formula is C7H17ClO2Si. The second-order valence-electron chi connectivity index (χ2n) is 2.36. The molecule has 0 aromatic carbocycles. The minimum Gasteiger partial charge on any atom is -0.357 e. The van der Waals surface area contributed by atoms with Crippen LogP contribution in [0, 0.1) is 0 Å². The van der Waals surface area contributed by atoms with Crippen LogP contribution in [0.2, 0.25) is 0 Å². The standard InChI is InChI=1S/C7H17ClO2Si/c1-4-9-7(10-5-2)11-6(3)8/h6-7H,4-5,11H2,1-3H3. The van der Waals surface area contributed by atoms with Crippen molar-refractivity contribution in [2.24, 2.45) is 0 Å². The maximum Gasteiger partial charge on any atom is 0.136 e. The Morgan fingerprint density at radius 3 is 2.00 bits per heavy atom. The number of hydrogen-bond donors (Lipinski definition) is 0. The normalized spacial score (nSPS) is 15.0. The molecule has 0 aromatic rings. The van der Waals surface area contributed by atoms with Gasteiger partial charge in [0.2, 0.25) is 0 Å². The Kier molecular flexibility index (Phi) is 7.37. The summed E-state index contributed by atoms with van der Waals surface area (Å²) in [5.74, 6) is 0.0116. The zero-order valence-corrected chi connectivity index (χ0v) is 9.64. The molecule has 1 atom stereocenters. The average molecular weight is 197 g/mol. The van der Waals surface area contributed by atoms with E-state index in [0.717, 1.165) is 0 Å². The van der Waals surface area contributed by atoms with Crippen LogP contribution in [-0.2, 0) is 9.47 Å². The summed E-state index contributed by atoms with van der Waals surface area (Å²) in [6, 6.07) is 0. The Hall–Kier alpha value is 0.427. The van der Waals surface area contributed by atoms with Gasteiger partial charge in [0.15, 0.2) is 0 Å². The van der Waals surface area contributed by atoms with Crippen LogP contribution in [0.25, 0.3) is 0 Å². The highest BCUT2D eigenvalue weighted by Gasteiger charge is 2.11. The second kappa shape index (κ2) is 7.10. The van der Waals surface area contributed by atoms with Crippen LogP contribution in [0.15, 0.2) is 0 Å². The van der Waals surface area contributed by atoms with E-state index >= 15 is 0 Å². The molecule has 68 valence electrons. The summed E-state index contributed by atoms with van der Waals surface area (Å²) in [5.41, 5.74) is 0. The Morgan fingerprint density at radius 2 is 1.73 bits per heavy atom. The Morgan fingerprint density at radius 1 is 1.27 bits per heavy atom. The molecule has 0 heterocycles. The molecule has 0 saturated carbocycles. The maximum absolute atomic E-state index is 5.85. The van der Waals surface area contributed by atoms with Crippen molar-refractivity contribution in [3.05, 3.63) is 0 Å². The van der Waals surface area contributed by atoms with Gasteiger partial charge in [-0.3, -0.25) is 0 Å². The zero-order chi connectivity index (χ0) is 8.69. The van der Waals surface area contributed by atoms with Gasteiger partial charge in [-0.25, -0.2) is 0 Å². The minimum absolute atomic E-state index is 0.0116. The van der Waals surface area contributed by atoms with Crippen LogP contribution in [-0.4, -0.2) is 33.6 Å².